The van der Waals surface area contributed by atoms with Gasteiger partial charge in [0, 0.05) is 6.07 Å². The van der Waals surface area contributed by atoms with Crippen LogP contribution in [0.3, 0.4) is 0 Å². The largest absolute Gasteiger partial charge is 0.497 e. The van der Waals surface area contributed by atoms with E-state index in [9.17, 15) is 4.39 Å². The van der Waals surface area contributed by atoms with Crippen LogP contribution in [-0.2, 0) is 6.42 Å². The number of hydrogen-bond acceptors (Lipinski definition) is 1. The molecule has 0 radical (unpaired) electrons. The van der Waals surface area contributed by atoms with Crippen molar-refractivity contribution in [3.8, 4) is 5.75 Å². The summed E-state index contributed by atoms with van der Waals surface area (Å²) in [6.45, 7) is 8.06. The lowest BCUT2D eigenvalue weighted by atomic mass is 9.95. The molecule has 0 unspecified atom stereocenters. The van der Waals surface area contributed by atoms with E-state index in [0.717, 1.165) is 29.5 Å². The maximum Gasteiger partial charge on any atom is 0.130 e. The molecule has 88 valence electrons. The van der Waals surface area contributed by atoms with Gasteiger partial charge in [0.1, 0.15) is 11.6 Å². The zero-order valence-electron chi connectivity index (χ0n) is 10.3. The summed E-state index contributed by atoms with van der Waals surface area (Å²) in [5.41, 5.74) is 2.62. The summed E-state index contributed by atoms with van der Waals surface area (Å²) < 4.78 is 18.9. The lowest BCUT2D eigenvalue weighted by molar-refractivity contribution is 0.410. The Morgan fingerprint density at radius 2 is 2.06 bits per heavy atom. The van der Waals surface area contributed by atoms with Crippen molar-refractivity contribution in [3.05, 3.63) is 35.7 Å². The van der Waals surface area contributed by atoms with Gasteiger partial charge in [0.05, 0.1) is 7.11 Å². The first-order chi connectivity index (χ1) is 7.63. The molecule has 0 aliphatic rings. The van der Waals surface area contributed by atoms with Crippen LogP contribution in [0.2, 0.25) is 0 Å². The van der Waals surface area contributed by atoms with Crippen molar-refractivity contribution >= 4 is 5.57 Å². The van der Waals surface area contributed by atoms with Gasteiger partial charge >= 0.3 is 0 Å². The van der Waals surface area contributed by atoms with Crippen LogP contribution >= 0.6 is 0 Å². The molecule has 1 aromatic rings. The van der Waals surface area contributed by atoms with Crippen molar-refractivity contribution < 1.29 is 9.13 Å². The second-order valence-electron chi connectivity index (χ2n) is 3.84. The first kappa shape index (κ1) is 12.8. The molecule has 0 aromatic heterocycles. The predicted molar refractivity (Wildman–Crippen MR) is 66.3 cm³/mol. The fourth-order valence-electron chi connectivity index (χ4n) is 1.84. The van der Waals surface area contributed by atoms with Crippen LogP contribution in [0.15, 0.2) is 18.7 Å². The molecule has 0 atom stereocenters. The fourth-order valence-corrected chi connectivity index (χ4v) is 1.84. The van der Waals surface area contributed by atoms with Gasteiger partial charge in [0.15, 0.2) is 0 Å². The number of rotatable bonds is 5. The molecule has 1 aromatic carbocycles. The Hall–Kier alpha value is -1.31. The Labute approximate surface area is 96.9 Å². The second-order valence-corrected chi connectivity index (χ2v) is 3.84. The lowest BCUT2D eigenvalue weighted by Crippen LogP contribution is -1.98. The minimum absolute atomic E-state index is 0.200. The van der Waals surface area contributed by atoms with Crippen LogP contribution in [0, 0.1) is 5.82 Å². The molecule has 0 spiro atoms. The lowest BCUT2D eigenvalue weighted by Gasteiger charge is -2.13. The van der Waals surface area contributed by atoms with Gasteiger partial charge < -0.3 is 4.74 Å². The van der Waals surface area contributed by atoms with Crippen LogP contribution in [0.4, 0.5) is 4.39 Å². The molecule has 0 aliphatic carbocycles. The van der Waals surface area contributed by atoms with Crippen molar-refractivity contribution in [1.29, 1.82) is 0 Å². The first-order valence-corrected chi connectivity index (χ1v) is 5.68. The monoisotopic (exact) mass is 222 g/mol. The van der Waals surface area contributed by atoms with Crippen LogP contribution in [0.1, 0.15) is 37.8 Å². The Bertz CT molecular complexity index is 383. The third kappa shape index (κ3) is 2.63. The van der Waals surface area contributed by atoms with E-state index in [1.54, 1.807) is 7.11 Å². The van der Waals surface area contributed by atoms with E-state index < -0.39 is 0 Å². The van der Waals surface area contributed by atoms with E-state index in [1.807, 2.05) is 13.0 Å². The van der Waals surface area contributed by atoms with Crippen molar-refractivity contribution in [2.45, 2.75) is 33.1 Å². The minimum Gasteiger partial charge on any atom is -0.497 e. The quantitative estimate of drug-likeness (QED) is 0.725. The SMILES string of the molecule is C=C(CCC)c1cc(OC)cc(F)c1CC. The molecule has 1 rings (SSSR count). The summed E-state index contributed by atoms with van der Waals surface area (Å²) in [6, 6.07) is 3.31. The average molecular weight is 222 g/mol. The van der Waals surface area contributed by atoms with Gasteiger partial charge in [-0.05, 0) is 35.6 Å². The Morgan fingerprint density at radius 1 is 1.38 bits per heavy atom. The van der Waals surface area contributed by atoms with Gasteiger partial charge in [-0.1, -0.05) is 26.8 Å². The molecule has 0 heterocycles. The third-order valence-electron chi connectivity index (χ3n) is 2.69. The predicted octanol–water partition coefficient (Wildman–Crippen LogP) is 4.21. The van der Waals surface area contributed by atoms with Gasteiger partial charge in [0.2, 0.25) is 0 Å². The smallest absolute Gasteiger partial charge is 0.130 e. The van der Waals surface area contributed by atoms with E-state index in [1.165, 1.54) is 6.07 Å². The van der Waals surface area contributed by atoms with E-state index in [2.05, 4.69) is 13.5 Å². The standard InChI is InChI=1S/C14H19FO/c1-5-7-10(3)13-8-11(16-4)9-14(15)12(13)6-2/h8-9H,3,5-7H2,1-2,4H3. The van der Waals surface area contributed by atoms with Gasteiger partial charge in [-0.3, -0.25) is 0 Å². The van der Waals surface area contributed by atoms with E-state index >= 15 is 0 Å². The van der Waals surface area contributed by atoms with Crippen LogP contribution < -0.4 is 4.74 Å². The Balaban J connectivity index is 3.22. The van der Waals surface area contributed by atoms with Gasteiger partial charge in [-0.15, -0.1) is 0 Å². The van der Waals surface area contributed by atoms with Gasteiger partial charge in [-0.2, -0.15) is 0 Å². The molecule has 0 bridgehead atoms. The highest BCUT2D eigenvalue weighted by atomic mass is 19.1. The molecular formula is C14H19FO. The molecule has 0 fully saturated rings. The molecule has 1 nitrogen and oxygen atoms in total. The molecule has 16 heavy (non-hydrogen) atoms. The van der Waals surface area contributed by atoms with Gasteiger partial charge in [0.25, 0.3) is 0 Å². The summed E-state index contributed by atoms with van der Waals surface area (Å²) in [4.78, 5) is 0. The van der Waals surface area contributed by atoms with Crippen LogP contribution in [-0.4, -0.2) is 7.11 Å². The summed E-state index contributed by atoms with van der Waals surface area (Å²) >= 11 is 0. The highest BCUT2D eigenvalue weighted by molar-refractivity contribution is 5.68. The molecule has 0 N–H and O–H groups in total. The highest BCUT2D eigenvalue weighted by Crippen LogP contribution is 2.29. The van der Waals surface area contributed by atoms with E-state index in [0.29, 0.717) is 12.2 Å². The molecule has 2 heteroatoms. The normalized spacial score (nSPS) is 10.2. The van der Waals surface area contributed by atoms with Crippen LogP contribution in [0.25, 0.3) is 5.57 Å². The van der Waals surface area contributed by atoms with E-state index in [4.69, 9.17) is 4.74 Å². The zero-order valence-corrected chi connectivity index (χ0v) is 10.3. The molecule has 0 saturated heterocycles. The van der Waals surface area contributed by atoms with Crippen molar-refractivity contribution in [1.82, 2.24) is 0 Å². The third-order valence-corrected chi connectivity index (χ3v) is 2.69. The number of allylic oxidation sites excluding steroid dienone is 1. The first-order valence-electron chi connectivity index (χ1n) is 5.68. The fraction of sp³-hybridized carbons (Fsp3) is 0.429. The van der Waals surface area contributed by atoms with Crippen LogP contribution in [0.5, 0.6) is 5.75 Å². The Morgan fingerprint density at radius 3 is 2.56 bits per heavy atom. The summed E-state index contributed by atoms with van der Waals surface area (Å²) in [6.07, 6.45) is 2.58. The molecule has 0 amide bonds. The number of halogens is 1. The number of ether oxygens (including phenoxy) is 1. The molecular weight excluding hydrogens is 203 g/mol. The highest BCUT2D eigenvalue weighted by Gasteiger charge is 2.11. The topological polar surface area (TPSA) is 9.23 Å². The average Bonchev–Trinajstić information content (AvgIpc) is 2.28. The van der Waals surface area contributed by atoms with Gasteiger partial charge in [-0.25, -0.2) is 4.39 Å². The zero-order chi connectivity index (χ0) is 12.1. The second kappa shape index (κ2) is 5.69. The minimum atomic E-state index is -0.200. The molecule has 0 aliphatic heterocycles. The van der Waals surface area contributed by atoms with E-state index in [-0.39, 0.29) is 5.82 Å². The summed E-state index contributed by atoms with van der Waals surface area (Å²) in [5.74, 6) is 0.357. The maximum atomic E-state index is 13.8. The number of hydrogen-bond donors (Lipinski definition) is 0. The number of benzene rings is 1. The Kier molecular flexibility index (Phi) is 4.53. The van der Waals surface area contributed by atoms with Crippen molar-refractivity contribution in [3.63, 3.8) is 0 Å². The van der Waals surface area contributed by atoms with Crippen molar-refractivity contribution in [2.75, 3.05) is 7.11 Å². The maximum absolute atomic E-state index is 13.8. The number of methoxy groups -OCH3 is 1. The molecule has 0 saturated carbocycles. The summed E-state index contributed by atoms with van der Waals surface area (Å²) in [7, 11) is 1.55. The summed E-state index contributed by atoms with van der Waals surface area (Å²) in [5, 5.41) is 0. The van der Waals surface area contributed by atoms with Crippen molar-refractivity contribution in [2.24, 2.45) is 0 Å².